The lowest BCUT2D eigenvalue weighted by Crippen LogP contribution is -2.52. The number of carbonyl (C=O) groups is 2. The van der Waals surface area contributed by atoms with Gasteiger partial charge in [0.25, 0.3) is 0 Å². The highest BCUT2D eigenvalue weighted by atomic mass is 19.1. The van der Waals surface area contributed by atoms with Crippen LogP contribution in [0.2, 0.25) is 0 Å². The molecular weight excluding hydrogens is 301 g/mol. The van der Waals surface area contributed by atoms with Gasteiger partial charge >= 0.3 is 6.03 Å². The number of urea groups is 1. The maximum absolute atomic E-state index is 13.6. The van der Waals surface area contributed by atoms with Crippen LogP contribution in [0.5, 0.6) is 0 Å². The molecule has 1 unspecified atom stereocenters. The van der Waals surface area contributed by atoms with E-state index in [1.165, 1.54) is 6.07 Å². The first-order valence-corrected chi connectivity index (χ1v) is 7.66. The number of nitrogens with one attached hydrogen (secondary N) is 1. The van der Waals surface area contributed by atoms with Crippen molar-refractivity contribution in [3.63, 3.8) is 0 Å². The monoisotopic (exact) mass is 323 g/mol. The summed E-state index contributed by atoms with van der Waals surface area (Å²) in [6.07, 6.45) is 1.65. The molecule has 0 bridgehead atoms. The van der Waals surface area contributed by atoms with E-state index in [-0.39, 0.29) is 18.5 Å². The van der Waals surface area contributed by atoms with Gasteiger partial charge in [0.05, 0.1) is 18.8 Å². The molecular formula is C16H22FN3O3. The fourth-order valence-electron chi connectivity index (χ4n) is 2.67. The van der Waals surface area contributed by atoms with Crippen LogP contribution in [0.4, 0.5) is 9.18 Å². The van der Waals surface area contributed by atoms with E-state index in [1.807, 2.05) is 4.90 Å². The molecule has 2 atom stereocenters. The van der Waals surface area contributed by atoms with Crippen LogP contribution < -0.4 is 11.1 Å². The van der Waals surface area contributed by atoms with Crippen LogP contribution in [-0.4, -0.2) is 42.1 Å². The Bertz CT molecular complexity index is 567. The van der Waals surface area contributed by atoms with Gasteiger partial charge in [0.1, 0.15) is 5.82 Å². The minimum atomic E-state index is -0.855. The number of nitrogens with two attached hydrogens (primary N) is 1. The summed E-state index contributed by atoms with van der Waals surface area (Å²) in [7, 11) is 0. The number of halogens is 1. The number of hydrogen-bond acceptors (Lipinski definition) is 4. The number of benzene rings is 1. The molecule has 1 aromatic rings. The van der Waals surface area contributed by atoms with E-state index in [2.05, 4.69) is 5.32 Å². The Morgan fingerprint density at radius 2 is 2.22 bits per heavy atom. The number of imide groups is 1. The maximum Gasteiger partial charge on any atom is 0.318 e. The van der Waals surface area contributed by atoms with Crippen molar-refractivity contribution in [3.05, 3.63) is 35.6 Å². The molecule has 7 heteroatoms. The van der Waals surface area contributed by atoms with Crippen LogP contribution in [0.15, 0.2) is 24.3 Å². The van der Waals surface area contributed by atoms with Crippen molar-refractivity contribution in [1.82, 2.24) is 10.2 Å². The van der Waals surface area contributed by atoms with Crippen LogP contribution >= 0.6 is 0 Å². The van der Waals surface area contributed by atoms with E-state index in [9.17, 15) is 14.0 Å². The highest BCUT2D eigenvalue weighted by Gasteiger charge is 2.28. The normalized spacial score (nSPS) is 20.0. The Balaban J connectivity index is 1.87. The number of piperidine rings is 1. The number of nitrogens with zero attached hydrogens (tertiary/aromatic N) is 1. The highest BCUT2D eigenvalue weighted by Crippen LogP contribution is 2.18. The fraction of sp³-hybridized carbons (Fsp3) is 0.500. The second-order valence-electron chi connectivity index (χ2n) is 5.69. The Morgan fingerprint density at radius 3 is 2.91 bits per heavy atom. The molecule has 1 aliphatic rings. The molecule has 0 spiro atoms. The van der Waals surface area contributed by atoms with Gasteiger partial charge in [0.2, 0.25) is 5.91 Å². The SMILES string of the molecule is CC(C(=O)NC(N)=O)N1CCC[C@H](OCc2ccccc2F)C1. The molecule has 1 aliphatic heterocycles. The number of rotatable bonds is 5. The molecule has 3 N–H and O–H groups in total. The minimum Gasteiger partial charge on any atom is -0.372 e. The summed E-state index contributed by atoms with van der Waals surface area (Å²) in [5.41, 5.74) is 5.48. The van der Waals surface area contributed by atoms with E-state index in [4.69, 9.17) is 10.5 Å². The Labute approximate surface area is 134 Å². The minimum absolute atomic E-state index is 0.0767. The summed E-state index contributed by atoms with van der Waals surface area (Å²) in [5, 5.41) is 2.09. The van der Waals surface area contributed by atoms with Crippen molar-refractivity contribution in [2.24, 2.45) is 5.73 Å². The molecule has 0 saturated carbocycles. The molecule has 6 nitrogen and oxygen atoms in total. The molecule has 0 aromatic heterocycles. The zero-order chi connectivity index (χ0) is 16.8. The lowest BCUT2D eigenvalue weighted by atomic mass is 10.1. The number of hydrogen-bond donors (Lipinski definition) is 2. The Hall–Kier alpha value is -1.99. The van der Waals surface area contributed by atoms with Crippen LogP contribution in [0.25, 0.3) is 0 Å². The number of ether oxygens (including phenoxy) is 1. The van der Waals surface area contributed by atoms with Gasteiger partial charge in [-0.3, -0.25) is 15.0 Å². The first kappa shape index (κ1) is 17.4. The third kappa shape index (κ3) is 5.01. The Morgan fingerprint density at radius 1 is 1.48 bits per heavy atom. The summed E-state index contributed by atoms with van der Waals surface area (Å²) in [6.45, 7) is 3.22. The van der Waals surface area contributed by atoms with Crippen molar-refractivity contribution >= 4 is 11.9 Å². The second-order valence-corrected chi connectivity index (χ2v) is 5.69. The van der Waals surface area contributed by atoms with Gasteiger partial charge in [-0.15, -0.1) is 0 Å². The number of amides is 3. The summed E-state index contributed by atoms with van der Waals surface area (Å²) in [6, 6.07) is 5.18. The molecule has 3 amide bonds. The van der Waals surface area contributed by atoms with Crippen LogP contribution in [-0.2, 0) is 16.1 Å². The maximum atomic E-state index is 13.6. The molecule has 1 fully saturated rings. The van der Waals surface area contributed by atoms with Crippen LogP contribution in [0.3, 0.4) is 0 Å². The average Bonchev–Trinajstić information content (AvgIpc) is 2.53. The quantitative estimate of drug-likeness (QED) is 0.857. The summed E-state index contributed by atoms with van der Waals surface area (Å²) < 4.78 is 19.4. The molecule has 0 aliphatic carbocycles. The lowest BCUT2D eigenvalue weighted by molar-refractivity contribution is -0.126. The lowest BCUT2D eigenvalue weighted by Gasteiger charge is -2.35. The largest absolute Gasteiger partial charge is 0.372 e. The zero-order valence-corrected chi connectivity index (χ0v) is 13.1. The highest BCUT2D eigenvalue weighted by molar-refractivity contribution is 5.96. The van der Waals surface area contributed by atoms with Crippen molar-refractivity contribution in [2.75, 3.05) is 13.1 Å². The van der Waals surface area contributed by atoms with Gasteiger partial charge in [0.15, 0.2) is 0 Å². The van der Waals surface area contributed by atoms with Gasteiger partial charge in [-0.1, -0.05) is 18.2 Å². The molecule has 1 aromatic carbocycles. The standard InChI is InChI=1S/C16H22FN3O3/c1-11(15(21)19-16(18)22)20-8-4-6-13(9-20)23-10-12-5-2-3-7-14(12)17/h2-3,5,7,11,13H,4,6,8-10H2,1H3,(H3,18,19,21,22)/t11?,13-/m0/s1. The number of primary amides is 1. The van der Waals surface area contributed by atoms with Gasteiger partial charge in [0, 0.05) is 12.1 Å². The smallest absolute Gasteiger partial charge is 0.318 e. The first-order chi connectivity index (χ1) is 11.0. The third-order valence-corrected chi connectivity index (χ3v) is 4.02. The van der Waals surface area contributed by atoms with E-state index < -0.39 is 18.0 Å². The third-order valence-electron chi connectivity index (χ3n) is 4.02. The van der Waals surface area contributed by atoms with Crippen LogP contribution in [0, 0.1) is 5.82 Å². The predicted molar refractivity (Wildman–Crippen MR) is 83.0 cm³/mol. The molecule has 1 heterocycles. The van der Waals surface area contributed by atoms with E-state index >= 15 is 0 Å². The summed E-state index contributed by atoms with van der Waals surface area (Å²) in [5.74, 6) is -0.707. The molecule has 23 heavy (non-hydrogen) atoms. The van der Waals surface area contributed by atoms with Crippen molar-refractivity contribution in [1.29, 1.82) is 0 Å². The summed E-state index contributed by atoms with van der Waals surface area (Å²) in [4.78, 5) is 24.5. The van der Waals surface area contributed by atoms with E-state index in [1.54, 1.807) is 25.1 Å². The van der Waals surface area contributed by atoms with Crippen molar-refractivity contribution in [2.45, 2.75) is 38.5 Å². The number of likely N-dealkylation sites (tertiary alicyclic amines) is 1. The molecule has 2 rings (SSSR count). The molecule has 1 saturated heterocycles. The molecule has 0 radical (unpaired) electrons. The second kappa shape index (κ2) is 8.03. The zero-order valence-electron chi connectivity index (χ0n) is 13.1. The average molecular weight is 323 g/mol. The predicted octanol–water partition coefficient (Wildman–Crippen LogP) is 1.39. The van der Waals surface area contributed by atoms with Gasteiger partial charge in [-0.05, 0) is 32.4 Å². The molecule has 126 valence electrons. The van der Waals surface area contributed by atoms with Gasteiger partial charge in [-0.2, -0.15) is 0 Å². The van der Waals surface area contributed by atoms with Crippen LogP contribution in [0.1, 0.15) is 25.3 Å². The number of carbonyl (C=O) groups excluding carboxylic acids is 2. The first-order valence-electron chi connectivity index (χ1n) is 7.66. The fourth-order valence-corrected chi connectivity index (χ4v) is 2.67. The van der Waals surface area contributed by atoms with Gasteiger partial charge < -0.3 is 10.5 Å². The van der Waals surface area contributed by atoms with Gasteiger partial charge in [-0.25, -0.2) is 9.18 Å². The van der Waals surface area contributed by atoms with Crippen molar-refractivity contribution < 1.29 is 18.7 Å². The Kier molecular flexibility index (Phi) is 6.06. The van der Waals surface area contributed by atoms with Crippen molar-refractivity contribution in [3.8, 4) is 0 Å². The summed E-state index contributed by atoms with van der Waals surface area (Å²) >= 11 is 0. The topological polar surface area (TPSA) is 84.7 Å². The van der Waals surface area contributed by atoms with E-state index in [0.29, 0.717) is 12.1 Å². The van der Waals surface area contributed by atoms with E-state index in [0.717, 1.165) is 19.4 Å².